The minimum Gasteiger partial charge on any atom is -0.484 e. The minimum atomic E-state index is -0.963. The van der Waals surface area contributed by atoms with E-state index in [2.05, 4.69) is 0 Å². The Kier molecular flexibility index (Phi) is 4.54. The van der Waals surface area contributed by atoms with Gasteiger partial charge < -0.3 is 14.7 Å². The van der Waals surface area contributed by atoms with E-state index in [1.165, 1.54) is 16.7 Å². The Morgan fingerprint density at radius 1 is 1.40 bits per heavy atom. The van der Waals surface area contributed by atoms with E-state index in [1.807, 2.05) is 32.0 Å². The number of benzene rings is 1. The molecule has 5 nitrogen and oxygen atoms in total. The summed E-state index contributed by atoms with van der Waals surface area (Å²) >= 11 is 1.44. The van der Waals surface area contributed by atoms with Crippen LogP contribution in [0.5, 0.6) is 5.75 Å². The third kappa shape index (κ3) is 3.25. The van der Waals surface area contributed by atoms with Gasteiger partial charge >= 0.3 is 5.97 Å². The predicted octanol–water partition coefficient (Wildman–Crippen LogP) is 1.67. The number of rotatable bonds is 4. The van der Waals surface area contributed by atoms with E-state index in [9.17, 15) is 9.59 Å². The first-order valence-corrected chi connectivity index (χ1v) is 7.44. The Bertz CT molecular complexity index is 532. The Morgan fingerprint density at radius 2 is 2.15 bits per heavy atom. The molecule has 0 spiro atoms. The van der Waals surface area contributed by atoms with E-state index >= 15 is 0 Å². The number of hydrogen-bond donors (Lipinski definition) is 1. The first kappa shape index (κ1) is 14.7. The van der Waals surface area contributed by atoms with Gasteiger partial charge in [-0.2, -0.15) is 0 Å². The van der Waals surface area contributed by atoms with Crippen LogP contribution >= 0.6 is 11.8 Å². The summed E-state index contributed by atoms with van der Waals surface area (Å²) in [4.78, 5) is 24.4. The van der Waals surface area contributed by atoms with Crippen molar-refractivity contribution in [1.29, 1.82) is 0 Å². The number of ether oxygens (including phenoxy) is 1. The Balaban J connectivity index is 1.94. The van der Waals surface area contributed by atoms with Gasteiger partial charge in [-0.25, -0.2) is 4.79 Å². The zero-order chi connectivity index (χ0) is 14.7. The third-order valence-corrected chi connectivity index (χ3v) is 4.34. The summed E-state index contributed by atoms with van der Waals surface area (Å²) in [5.74, 6) is 0.215. The van der Waals surface area contributed by atoms with Gasteiger partial charge in [-0.05, 0) is 37.1 Å². The van der Waals surface area contributed by atoms with Crippen molar-refractivity contribution in [2.75, 3.05) is 18.2 Å². The molecule has 1 aromatic carbocycles. The number of carboxylic acids is 1. The number of nitrogens with zero attached hydrogens (tertiary/aromatic N) is 1. The second kappa shape index (κ2) is 6.17. The Hall–Kier alpha value is -1.69. The van der Waals surface area contributed by atoms with Crippen LogP contribution in [0.1, 0.15) is 11.1 Å². The van der Waals surface area contributed by atoms with E-state index in [-0.39, 0.29) is 12.5 Å². The molecule has 1 heterocycles. The van der Waals surface area contributed by atoms with Crippen molar-refractivity contribution in [3.63, 3.8) is 0 Å². The molecule has 1 atom stereocenters. The van der Waals surface area contributed by atoms with Crippen LogP contribution in [0.4, 0.5) is 0 Å². The highest BCUT2D eigenvalue weighted by Gasteiger charge is 2.34. The predicted molar refractivity (Wildman–Crippen MR) is 77.0 cm³/mol. The van der Waals surface area contributed by atoms with Gasteiger partial charge in [0.2, 0.25) is 0 Å². The van der Waals surface area contributed by atoms with Gasteiger partial charge in [0, 0.05) is 5.75 Å². The molecule has 0 aromatic heterocycles. The summed E-state index contributed by atoms with van der Waals surface area (Å²) in [5, 5.41) is 9.04. The van der Waals surface area contributed by atoms with Crippen LogP contribution in [-0.4, -0.2) is 46.2 Å². The first-order chi connectivity index (χ1) is 9.49. The van der Waals surface area contributed by atoms with Gasteiger partial charge in [-0.3, -0.25) is 4.79 Å². The Morgan fingerprint density at radius 3 is 2.80 bits per heavy atom. The van der Waals surface area contributed by atoms with Crippen LogP contribution in [0.25, 0.3) is 0 Å². The van der Waals surface area contributed by atoms with E-state index in [4.69, 9.17) is 9.84 Å². The van der Waals surface area contributed by atoms with Gasteiger partial charge in [-0.15, -0.1) is 11.8 Å². The molecular weight excluding hydrogens is 278 g/mol. The van der Waals surface area contributed by atoms with Gasteiger partial charge in [-0.1, -0.05) is 6.07 Å². The van der Waals surface area contributed by atoms with Crippen molar-refractivity contribution in [3.8, 4) is 5.75 Å². The maximum absolute atomic E-state index is 12.0. The summed E-state index contributed by atoms with van der Waals surface area (Å²) in [7, 11) is 0. The molecule has 1 N–H and O–H groups in total. The Labute approximate surface area is 121 Å². The average molecular weight is 295 g/mol. The summed E-state index contributed by atoms with van der Waals surface area (Å²) in [6.45, 7) is 3.84. The number of amides is 1. The maximum Gasteiger partial charge on any atom is 0.327 e. The van der Waals surface area contributed by atoms with Crippen LogP contribution in [0, 0.1) is 13.8 Å². The normalized spacial score (nSPS) is 18.1. The molecule has 6 heteroatoms. The van der Waals surface area contributed by atoms with Gasteiger partial charge in [0.15, 0.2) is 6.61 Å². The van der Waals surface area contributed by atoms with E-state index in [1.54, 1.807) is 0 Å². The van der Waals surface area contributed by atoms with Crippen LogP contribution in [0.2, 0.25) is 0 Å². The first-order valence-electron chi connectivity index (χ1n) is 6.29. The standard InChI is InChI=1S/C14H17NO4S/c1-9-3-4-11(5-10(9)2)19-6-13(16)15-8-20-7-12(15)14(17)18/h3-5,12H,6-8H2,1-2H3,(H,17,18)/t12-/m0/s1. The van der Waals surface area contributed by atoms with Crippen molar-refractivity contribution < 1.29 is 19.4 Å². The van der Waals surface area contributed by atoms with Crippen LogP contribution < -0.4 is 4.74 Å². The molecule has 1 aromatic rings. The molecule has 0 saturated carbocycles. The third-order valence-electron chi connectivity index (χ3n) is 3.33. The second-order valence-corrected chi connectivity index (χ2v) is 5.75. The van der Waals surface area contributed by atoms with E-state index in [0.29, 0.717) is 17.4 Å². The number of aryl methyl sites for hydroxylation is 2. The summed E-state index contributed by atoms with van der Waals surface area (Å²) in [5.41, 5.74) is 2.25. The van der Waals surface area contributed by atoms with Crippen molar-refractivity contribution in [2.45, 2.75) is 19.9 Å². The fourth-order valence-corrected chi connectivity index (χ4v) is 3.10. The lowest BCUT2D eigenvalue weighted by molar-refractivity contribution is -0.148. The second-order valence-electron chi connectivity index (χ2n) is 4.75. The summed E-state index contributed by atoms with van der Waals surface area (Å²) in [6.07, 6.45) is 0. The van der Waals surface area contributed by atoms with E-state index in [0.717, 1.165) is 11.1 Å². The maximum atomic E-state index is 12.0. The van der Waals surface area contributed by atoms with Crippen molar-refractivity contribution in [3.05, 3.63) is 29.3 Å². The number of thioether (sulfide) groups is 1. The quantitative estimate of drug-likeness (QED) is 0.915. The van der Waals surface area contributed by atoms with E-state index < -0.39 is 12.0 Å². The number of aliphatic carboxylic acids is 1. The lowest BCUT2D eigenvalue weighted by atomic mass is 10.1. The fourth-order valence-electron chi connectivity index (χ4n) is 1.92. The summed E-state index contributed by atoms with van der Waals surface area (Å²) in [6, 6.07) is 4.87. The smallest absolute Gasteiger partial charge is 0.327 e. The molecule has 1 saturated heterocycles. The van der Waals surface area contributed by atoms with Gasteiger partial charge in [0.25, 0.3) is 5.91 Å². The highest BCUT2D eigenvalue weighted by molar-refractivity contribution is 7.99. The minimum absolute atomic E-state index is 0.132. The lowest BCUT2D eigenvalue weighted by Crippen LogP contribution is -2.43. The largest absolute Gasteiger partial charge is 0.484 e. The molecule has 1 aliphatic rings. The molecule has 0 aliphatic carbocycles. The number of carbonyl (C=O) groups excluding carboxylic acids is 1. The number of hydrogen-bond acceptors (Lipinski definition) is 4. The van der Waals surface area contributed by atoms with Crippen LogP contribution in [-0.2, 0) is 9.59 Å². The highest BCUT2D eigenvalue weighted by Crippen LogP contribution is 2.22. The monoisotopic (exact) mass is 295 g/mol. The molecule has 1 aliphatic heterocycles. The lowest BCUT2D eigenvalue weighted by Gasteiger charge is -2.20. The van der Waals surface area contributed by atoms with Gasteiger partial charge in [0.05, 0.1) is 5.88 Å². The average Bonchev–Trinajstić information content (AvgIpc) is 2.89. The van der Waals surface area contributed by atoms with Crippen molar-refractivity contribution >= 4 is 23.6 Å². The summed E-state index contributed by atoms with van der Waals surface area (Å²) < 4.78 is 5.45. The van der Waals surface area contributed by atoms with Crippen LogP contribution in [0.15, 0.2) is 18.2 Å². The molecule has 2 rings (SSSR count). The molecule has 108 valence electrons. The van der Waals surface area contributed by atoms with Crippen molar-refractivity contribution in [1.82, 2.24) is 4.90 Å². The number of carbonyl (C=O) groups is 2. The zero-order valence-corrected chi connectivity index (χ0v) is 12.3. The zero-order valence-electron chi connectivity index (χ0n) is 11.5. The van der Waals surface area contributed by atoms with Crippen molar-refractivity contribution in [2.24, 2.45) is 0 Å². The van der Waals surface area contributed by atoms with Gasteiger partial charge in [0.1, 0.15) is 11.8 Å². The molecule has 0 unspecified atom stereocenters. The molecule has 20 heavy (non-hydrogen) atoms. The van der Waals surface area contributed by atoms with Crippen LogP contribution in [0.3, 0.4) is 0 Å². The molecule has 1 amide bonds. The fraction of sp³-hybridized carbons (Fsp3) is 0.429. The highest BCUT2D eigenvalue weighted by atomic mass is 32.2. The molecule has 0 radical (unpaired) electrons. The SMILES string of the molecule is Cc1ccc(OCC(=O)N2CSC[C@H]2C(=O)O)cc1C. The molecule has 1 fully saturated rings. The number of carboxylic acid groups (broad SMARTS) is 1. The molecule has 0 bridgehead atoms. The molecular formula is C14H17NO4S. The topological polar surface area (TPSA) is 66.8 Å².